The number of hydrogen-bond acceptors (Lipinski definition) is 3. The summed E-state index contributed by atoms with van der Waals surface area (Å²) >= 11 is 0. The average molecular weight is 186 g/mol. The Balaban J connectivity index is 2.59. The van der Waals surface area contributed by atoms with Crippen LogP contribution < -0.4 is 16.0 Å². The first-order valence-corrected chi connectivity index (χ1v) is 3.62. The molecule has 1 rings (SSSR count). The summed E-state index contributed by atoms with van der Waals surface area (Å²) in [5.74, 6) is -0.478. The quantitative estimate of drug-likeness (QED) is 0.432. The zero-order valence-electron chi connectivity index (χ0n) is 7.25. The zero-order valence-corrected chi connectivity index (χ0v) is 7.25. The van der Waals surface area contributed by atoms with Crippen LogP contribution in [-0.2, 0) is 4.79 Å². The van der Waals surface area contributed by atoms with E-state index in [0.29, 0.717) is 0 Å². The molecule has 1 heterocycles. The van der Waals surface area contributed by atoms with Gasteiger partial charge in [-0.05, 0) is 0 Å². The lowest BCUT2D eigenvalue weighted by atomic mass is 10.5. The Morgan fingerprint density at radius 3 is 2.54 bits per heavy atom. The fraction of sp³-hybridized carbons (Fsp3) is 0.500. The molecule has 1 fully saturated rings. The van der Waals surface area contributed by atoms with Crippen LogP contribution in [0.15, 0.2) is 0 Å². The van der Waals surface area contributed by atoms with Gasteiger partial charge in [0.05, 0.1) is 0 Å². The highest BCUT2D eigenvalue weighted by atomic mass is 16.2. The molecule has 5 amide bonds. The molecule has 0 aliphatic carbocycles. The highest BCUT2D eigenvalue weighted by Crippen LogP contribution is 1.99. The molecule has 13 heavy (non-hydrogen) atoms. The van der Waals surface area contributed by atoms with Crippen molar-refractivity contribution in [1.29, 1.82) is 0 Å². The van der Waals surface area contributed by atoms with E-state index < -0.39 is 24.1 Å². The van der Waals surface area contributed by atoms with Gasteiger partial charge in [0.25, 0.3) is 5.91 Å². The molecule has 1 aliphatic heterocycles. The lowest BCUT2D eigenvalue weighted by molar-refractivity contribution is -0.126. The maximum Gasteiger partial charge on any atom is 0.325 e. The molecule has 0 aromatic carbocycles. The van der Waals surface area contributed by atoms with Crippen molar-refractivity contribution in [2.75, 3.05) is 14.1 Å². The lowest BCUT2D eigenvalue weighted by Gasteiger charge is -2.09. The third-order valence-corrected chi connectivity index (χ3v) is 1.65. The highest BCUT2D eigenvalue weighted by Gasteiger charge is 2.35. The van der Waals surface area contributed by atoms with Crippen molar-refractivity contribution in [3.63, 3.8) is 0 Å². The number of amides is 5. The van der Waals surface area contributed by atoms with Gasteiger partial charge >= 0.3 is 12.1 Å². The second kappa shape index (κ2) is 3.30. The third kappa shape index (κ3) is 1.68. The van der Waals surface area contributed by atoms with Crippen molar-refractivity contribution < 1.29 is 14.4 Å². The van der Waals surface area contributed by atoms with Crippen LogP contribution in [0.1, 0.15) is 0 Å². The number of carbonyl (C=O) groups is 3. The van der Waals surface area contributed by atoms with E-state index in [9.17, 15) is 14.4 Å². The van der Waals surface area contributed by atoms with Crippen molar-refractivity contribution in [1.82, 2.24) is 20.9 Å². The molecule has 0 aromatic rings. The van der Waals surface area contributed by atoms with E-state index in [0.717, 1.165) is 4.90 Å². The largest absolute Gasteiger partial charge is 0.341 e. The van der Waals surface area contributed by atoms with Gasteiger partial charge in [-0.15, -0.1) is 0 Å². The molecular weight excluding hydrogens is 176 g/mol. The standard InChI is InChI=1S/C6H10N4O3/c1-7-5(12)8-3-4(11)10(2)6(13)9-3/h3H,1-2H3,(H,9,13)(H2,7,8,12)/t3-/m1/s1. The van der Waals surface area contributed by atoms with Gasteiger partial charge in [-0.1, -0.05) is 0 Å². The molecule has 7 heteroatoms. The van der Waals surface area contributed by atoms with Crippen molar-refractivity contribution in [2.45, 2.75) is 6.17 Å². The first kappa shape index (κ1) is 9.30. The van der Waals surface area contributed by atoms with Crippen molar-refractivity contribution in [3.8, 4) is 0 Å². The third-order valence-electron chi connectivity index (χ3n) is 1.65. The van der Waals surface area contributed by atoms with Crippen LogP contribution >= 0.6 is 0 Å². The fourth-order valence-corrected chi connectivity index (χ4v) is 0.877. The van der Waals surface area contributed by atoms with Gasteiger partial charge in [-0.3, -0.25) is 9.69 Å². The molecule has 1 atom stereocenters. The van der Waals surface area contributed by atoms with Crippen LogP contribution in [0.4, 0.5) is 9.59 Å². The Morgan fingerprint density at radius 2 is 2.15 bits per heavy atom. The van der Waals surface area contributed by atoms with E-state index >= 15 is 0 Å². The SMILES string of the molecule is CNC(=O)N[C@@H]1NC(=O)N(C)C1=O. The van der Waals surface area contributed by atoms with Gasteiger partial charge in [-0.2, -0.15) is 0 Å². The number of rotatable bonds is 1. The monoisotopic (exact) mass is 186 g/mol. The Hall–Kier alpha value is -1.79. The Morgan fingerprint density at radius 1 is 1.54 bits per heavy atom. The summed E-state index contributed by atoms with van der Waals surface area (Å²) in [7, 11) is 2.75. The summed E-state index contributed by atoms with van der Waals surface area (Å²) in [4.78, 5) is 33.7. The topological polar surface area (TPSA) is 90.5 Å². The minimum atomic E-state index is -0.961. The van der Waals surface area contributed by atoms with E-state index in [2.05, 4.69) is 16.0 Å². The molecule has 0 unspecified atom stereocenters. The first-order valence-electron chi connectivity index (χ1n) is 3.62. The summed E-state index contributed by atoms with van der Waals surface area (Å²) in [5, 5.41) is 6.82. The molecule has 0 saturated carbocycles. The molecule has 7 nitrogen and oxygen atoms in total. The number of nitrogens with one attached hydrogen (secondary N) is 3. The van der Waals surface area contributed by atoms with Crippen molar-refractivity contribution >= 4 is 18.0 Å². The first-order chi connectivity index (χ1) is 6.06. The lowest BCUT2D eigenvalue weighted by Crippen LogP contribution is -2.49. The summed E-state index contributed by atoms with van der Waals surface area (Å²) in [6, 6.07) is -1.04. The second-order valence-electron chi connectivity index (χ2n) is 2.50. The Kier molecular flexibility index (Phi) is 2.36. The molecule has 0 radical (unpaired) electrons. The second-order valence-corrected chi connectivity index (χ2v) is 2.50. The predicted octanol–water partition coefficient (Wildman–Crippen LogP) is -1.58. The molecular formula is C6H10N4O3. The van der Waals surface area contributed by atoms with Crippen LogP contribution in [0, 0.1) is 0 Å². The predicted molar refractivity (Wildman–Crippen MR) is 42.7 cm³/mol. The van der Waals surface area contributed by atoms with E-state index in [1.807, 2.05) is 0 Å². The molecule has 3 N–H and O–H groups in total. The number of hydrogen-bond donors (Lipinski definition) is 3. The van der Waals surface area contributed by atoms with Crippen LogP contribution in [0.3, 0.4) is 0 Å². The summed E-state index contributed by atoms with van der Waals surface area (Å²) in [6.07, 6.45) is -0.961. The van der Waals surface area contributed by atoms with Gasteiger partial charge < -0.3 is 16.0 Å². The molecule has 0 aromatic heterocycles. The van der Waals surface area contributed by atoms with Gasteiger partial charge in [0.15, 0.2) is 6.17 Å². The summed E-state index contributed by atoms with van der Waals surface area (Å²) in [5.41, 5.74) is 0. The van der Waals surface area contributed by atoms with Crippen LogP contribution in [0.5, 0.6) is 0 Å². The molecule has 0 spiro atoms. The Bertz CT molecular complexity index is 265. The van der Waals surface area contributed by atoms with E-state index in [1.165, 1.54) is 14.1 Å². The van der Waals surface area contributed by atoms with Gasteiger partial charge in [-0.25, -0.2) is 9.59 Å². The summed E-state index contributed by atoms with van der Waals surface area (Å²) in [6.45, 7) is 0. The zero-order chi connectivity index (χ0) is 10.0. The van der Waals surface area contributed by atoms with Gasteiger partial charge in [0, 0.05) is 14.1 Å². The van der Waals surface area contributed by atoms with Crippen LogP contribution in [0.25, 0.3) is 0 Å². The van der Waals surface area contributed by atoms with Crippen LogP contribution in [-0.4, -0.2) is 43.1 Å². The van der Waals surface area contributed by atoms with E-state index in [1.54, 1.807) is 0 Å². The molecule has 0 bridgehead atoms. The number of nitrogens with zero attached hydrogens (tertiary/aromatic N) is 1. The normalized spacial score (nSPS) is 21.4. The number of imide groups is 1. The van der Waals surface area contributed by atoms with Crippen LogP contribution in [0.2, 0.25) is 0 Å². The molecule has 1 aliphatic rings. The number of likely N-dealkylation sites (N-methyl/N-ethyl adjacent to an activating group) is 1. The van der Waals surface area contributed by atoms with Crippen molar-refractivity contribution in [3.05, 3.63) is 0 Å². The van der Waals surface area contributed by atoms with Gasteiger partial charge in [0.2, 0.25) is 0 Å². The smallest absolute Gasteiger partial charge is 0.325 e. The molecule has 1 saturated heterocycles. The maximum atomic E-state index is 11.2. The van der Waals surface area contributed by atoms with E-state index in [4.69, 9.17) is 0 Å². The van der Waals surface area contributed by atoms with Gasteiger partial charge in [0.1, 0.15) is 0 Å². The highest BCUT2D eigenvalue weighted by molar-refractivity contribution is 6.04. The summed E-state index contributed by atoms with van der Waals surface area (Å²) < 4.78 is 0. The minimum Gasteiger partial charge on any atom is -0.341 e. The minimum absolute atomic E-state index is 0.478. The molecule has 72 valence electrons. The number of carbonyl (C=O) groups excluding carboxylic acids is 3. The average Bonchev–Trinajstić information content (AvgIpc) is 2.34. The van der Waals surface area contributed by atoms with Crippen molar-refractivity contribution in [2.24, 2.45) is 0 Å². The Labute approximate surface area is 74.5 Å². The maximum absolute atomic E-state index is 11.2. The fourth-order valence-electron chi connectivity index (χ4n) is 0.877. The van der Waals surface area contributed by atoms with E-state index in [-0.39, 0.29) is 0 Å². The number of urea groups is 2.